The third-order valence-electron chi connectivity index (χ3n) is 3.87. The van der Waals surface area contributed by atoms with E-state index in [9.17, 15) is 18.4 Å². The van der Waals surface area contributed by atoms with Gasteiger partial charge in [0, 0.05) is 38.3 Å². The zero-order valence-electron chi connectivity index (χ0n) is 13.6. The van der Waals surface area contributed by atoms with Crippen LogP contribution < -0.4 is 4.73 Å². The lowest BCUT2D eigenvalue weighted by molar-refractivity contribution is -0.645. The van der Waals surface area contributed by atoms with E-state index in [1.54, 1.807) is 29.2 Å². The Balaban J connectivity index is 1.55. The highest BCUT2D eigenvalue weighted by Crippen LogP contribution is 2.28. The highest BCUT2D eigenvalue weighted by Gasteiger charge is 2.31. The Morgan fingerprint density at radius 1 is 1.23 bits per heavy atom. The summed E-state index contributed by atoms with van der Waals surface area (Å²) in [4.78, 5) is 13.9. The van der Waals surface area contributed by atoms with E-state index in [4.69, 9.17) is 11.6 Å². The van der Waals surface area contributed by atoms with E-state index < -0.39 is 10.0 Å². The van der Waals surface area contributed by atoms with Crippen molar-refractivity contribution in [3.8, 4) is 0 Å². The molecular formula is C15H16ClN3O4S3. The lowest BCUT2D eigenvalue weighted by Gasteiger charge is -2.33. The minimum Gasteiger partial charge on any atom is -0.618 e. The van der Waals surface area contributed by atoms with Gasteiger partial charge in [-0.15, -0.1) is 11.3 Å². The maximum absolute atomic E-state index is 12.6. The fourth-order valence-electron chi connectivity index (χ4n) is 2.49. The Morgan fingerprint density at radius 3 is 2.58 bits per heavy atom. The van der Waals surface area contributed by atoms with Gasteiger partial charge >= 0.3 is 0 Å². The number of pyridine rings is 1. The Kier molecular flexibility index (Phi) is 6.08. The molecule has 2 aromatic rings. The normalized spacial score (nSPS) is 16.0. The molecule has 0 radical (unpaired) electrons. The van der Waals surface area contributed by atoms with Crippen LogP contribution in [-0.4, -0.2) is 55.5 Å². The maximum Gasteiger partial charge on any atom is 0.252 e. The molecule has 3 heterocycles. The van der Waals surface area contributed by atoms with Crippen molar-refractivity contribution in [3.05, 3.63) is 46.1 Å². The summed E-state index contributed by atoms with van der Waals surface area (Å²) in [6, 6.07) is 8.07. The number of rotatable bonds is 5. The molecule has 7 nitrogen and oxygen atoms in total. The smallest absolute Gasteiger partial charge is 0.252 e. The van der Waals surface area contributed by atoms with Gasteiger partial charge in [-0.2, -0.15) is 9.04 Å². The van der Waals surface area contributed by atoms with Crippen LogP contribution in [-0.2, 0) is 14.8 Å². The first kappa shape index (κ1) is 19.4. The molecule has 0 atom stereocenters. The van der Waals surface area contributed by atoms with Crippen LogP contribution in [0, 0.1) is 5.21 Å². The lowest BCUT2D eigenvalue weighted by atomic mass is 10.3. The molecule has 0 N–H and O–H groups in total. The Morgan fingerprint density at radius 2 is 1.96 bits per heavy atom. The van der Waals surface area contributed by atoms with Crippen molar-refractivity contribution in [1.82, 2.24) is 9.21 Å². The number of hydrogen-bond acceptors (Lipinski definition) is 6. The quantitative estimate of drug-likeness (QED) is 0.406. The number of nitrogens with zero attached hydrogens (tertiary/aromatic N) is 3. The third-order valence-corrected chi connectivity index (χ3v) is 8.47. The predicted molar refractivity (Wildman–Crippen MR) is 101 cm³/mol. The molecule has 1 saturated heterocycles. The second-order valence-electron chi connectivity index (χ2n) is 5.50. The average Bonchev–Trinajstić information content (AvgIpc) is 3.08. The van der Waals surface area contributed by atoms with E-state index in [-0.39, 0.29) is 29.0 Å². The average molecular weight is 434 g/mol. The van der Waals surface area contributed by atoms with E-state index >= 15 is 0 Å². The minimum absolute atomic E-state index is 0.116. The number of piperazine rings is 1. The van der Waals surface area contributed by atoms with Gasteiger partial charge in [0.25, 0.3) is 15.0 Å². The number of thiophene rings is 1. The molecule has 1 amide bonds. The van der Waals surface area contributed by atoms with Crippen molar-refractivity contribution < 1.29 is 17.9 Å². The van der Waals surface area contributed by atoms with Crippen molar-refractivity contribution in [1.29, 1.82) is 0 Å². The van der Waals surface area contributed by atoms with E-state index in [0.717, 1.165) is 11.3 Å². The van der Waals surface area contributed by atoms with Gasteiger partial charge in [-0.3, -0.25) is 4.79 Å². The van der Waals surface area contributed by atoms with E-state index in [1.807, 2.05) is 0 Å². The van der Waals surface area contributed by atoms with Gasteiger partial charge in [-0.25, -0.2) is 8.42 Å². The molecule has 0 spiro atoms. The zero-order chi connectivity index (χ0) is 18.7. The van der Waals surface area contributed by atoms with E-state index in [1.165, 1.54) is 28.3 Å². The Hall–Kier alpha value is -1.33. The predicted octanol–water partition coefficient (Wildman–Crippen LogP) is 1.66. The van der Waals surface area contributed by atoms with Crippen LogP contribution in [0.3, 0.4) is 0 Å². The van der Waals surface area contributed by atoms with E-state index in [0.29, 0.717) is 27.2 Å². The number of carbonyl (C=O) groups excluding carboxylic acids is 1. The number of carbonyl (C=O) groups is 1. The molecule has 1 aliphatic heterocycles. The summed E-state index contributed by atoms with van der Waals surface area (Å²) >= 11 is 8.01. The first-order chi connectivity index (χ1) is 12.4. The first-order valence-electron chi connectivity index (χ1n) is 7.72. The van der Waals surface area contributed by atoms with Crippen LogP contribution in [0.4, 0.5) is 0 Å². The van der Waals surface area contributed by atoms with Crippen LogP contribution in [0.15, 0.2) is 45.8 Å². The zero-order valence-corrected chi connectivity index (χ0v) is 16.8. The van der Waals surface area contributed by atoms with Crippen LogP contribution in [0.25, 0.3) is 0 Å². The number of halogens is 1. The highest BCUT2D eigenvalue weighted by atomic mass is 35.5. The SMILES string of the molecule is O=C(CSc1cccc[n+]1[O-])N1CCN(S(=O)(=O)c2ccc(Cl)s2)CC1. The molecule has 26 heavy (non-hydrogen) atoms. The summed E-state index contributed by atoms with van der Waals surface area (Å²) in [6.45, 7) is 1.12. The molecule has 1 aliphatic rings. The standard InChI is InChI=1S/C15H16ClN3O4S3/c16-12-4-5-15(25-12)26(22,23)18-9-7-17(8-10-18)13(20)11-24-14-3-1-2-6-19(14)21/h1-6H,7-11H2. The number of sulfonamides is 1. The molecule has 0 saturated carbocycles. The van der Waals surface area contributed by atoms with Crippen LogP contribution >= 0.6 is 34.7 Å². The van der Waals surface area contributed by atoms with E-state index in [2.05, 4.69) is 0 Å². The third kappa shape index (κ3) is 4.32. The van der Waals surface area contributed by atoms with Gasteiger partial charge in [0.2, 0.25) is 5.91 Å². The summed E-state index contributed by atoms with van der Waals surface area (Å²) in [6.07, 6.45) is 1.38. The molecule has 140 valence electrons. The molecule has 1 fully saturated rings. The van der Waals surface area contributed by atoms with Gasteiger partial charge in [0.05, 0.1) is 10.1 Å². The molecule has 3 rings (SSSR count). The van der Waals surface area contributed by atoms with Gasteiger partial charge in [0.15, 0.2) is 6.20 Å². The minimum atomic E-state index is -3.57. The van der Waals surface area contributed by atoms with Crippen LogP contribution in [0.2, 0.25) is 4.34 Å². The van der Waals surface area contributed by atoms with Gasteiger partial charge in [-0.1, -0.05) is 11.6 Å². The monoisotopic (exact) mass is 433 g/mol. The van der Waals surface area contributed by atoms with Crippen molar-refractivity contribution >= 4 is 50.6 Å². The summed E-state index contributed by atoms with van der Waals surface area (Å²) < 4.78 is 27.8. The highest BCUT2D eigenvalue weighted by molar-refractivity contribution is 7.99. The van der Waals surface area contributed by atoms with Gasteiger partial charge in [-0.05, 0) is 30.0 Å². The second kappa shape index (κ2) is 8.13. The van der Waals surface area contributed by atoms with Gasteiger partial charge < -0.3 is 10.1 Å². The molecule has 0 bridgehead atoms. The molecule has 0 aromatic carbocycles. The molecule has 0 unspecified atom stereocenters. The number of thioether (sulfide) groups is 1. The first-order valence-corrected chi connectivity index (χ1v) is 11.3. The largest absolute Gasteiger partial charge is 0.618 e. The number of aromatic nitrogens is 1. The van der Waals surface area contributed by atoms with Crippen LogP contribution in [0.1, 0.15) is 0 Å². The molecular weight excluding hydrogens is 418 g/mol. The Labute approximate surface area is 164 Å². The van der Waals surface area contributed by atoms with Gasteiger partial charge in [0.1, 0.15) is 4.21 Å². The number of hydrogen-bond donors (Lipinski definition) is 0. The maximum atomic E-state index is 12.6. The van der Waals surface area contributed by atoms with Crippen molar-refractivity contribution in [3.63, 3.8) is 0 Å². The summed E-state index contributed by atoms with van der Waals surface area (Å²) in [5.41, 5.74) is 0. The Bertz CT molecular complexity index is 895. The number of amides is 1. The van der Waals surface area contributed by atoms with Crippen molar-refractivity contribution in [2.24, 2.45) is 0 Å². The fourth-order valence-corrected chi connectivity index (χ4v) is 6.37. The van der Waals surface area contributed by atoms with Crippen LogP contribution in [0.5, 0.6) is 0 Å². The summed E-state index contributed by atoms with van der Waals surface area (Å²) in [5, 5.41) is 12.0. The molecule has 0 aliphatic carbocycles. The van der Waals surface area contributed by atoms with Crippen molar-refractivity contribution in [2.45, 2.75) is 9.24 Å². The fraction of sp³-hybridized carbons (Fsp3) is 0.333. The molecule has 11 heteroatoms. The lowest BCUT2D eigenvalue weighted by Crippen LogP contribution is -2.50. The van der Waals surface area contributed by atoms with Crippen molar-refractivity contribution in [2.75, 3.05) is 31.9 Å². The topological polar surface area (TPSA) is 84.6 Å². The molecule has 2 aromatic heterocycles. The summed E-state index contributed by atoms with van der Waals surface area (Å²) in [7, 11) is -3.57. The second-order valence-corrected chi connectivity index (χ2v) is 10.4. The summed E-state index contributed by atoms with van der Waals surface area (Å²) in [5.74, 6) is 0.0228.